The van der Waals surface area contributed by atoms with Crippen molar-refractivity contribution in [2.24, 2.45) is 5.92 Å². The quantitative estimate of drug-likeness (QED) is 0.209. The molecule has 3 aromatic carbocycles. The maximum atomic E-state index is 14.0. The minimum atomic E-state index is -0.841. The molecule has 5 rings (SSSR count). The predicted octanol–water partition coefficient (Wildman–Crippen LogP) is 6.17. The van der Waals surface area contributed by atoms with Crippen LogP contribution in [0.2, 0.25) is 0 Å². The average Bonchev–Trinajstić information content (AvgIpc) is 3.09. The summed E-state index contributed by atoms with van der Waals surface area (Å²) in [6.07, 6.45) is 1.29. The number of β-amino-alcohol motifs (C(OH)–C–C–N with tert-alkyl or cyclic N) is 1. The fourth-order valence-corrected chi connectivity index (χ4v) is 8.20. The standard InChI is InChI=1S/C37H49N3O6S.2ClH/c1-26(2)37(36(42)38(3)30-14-8-10-16-34(30)47-37)29-13-7-9-15-31(29)46-25-28(41)24-40-20-18-39(19-21-40)17-11-12-27-22-32(43-4)35(45-6)33(23-27)44-5;;/h7-10,13-16,22-23,26,28,41H,11-12,17-21,24-25H2,1-6H3;2*1H. The van der Waals surface area contributed by atoms with E-state index in [4.69, 9.17) is 18.9 Å². The number of carbonyl (C=O) groups excluding carboxylic acids is 1. The number of methoxy groups -OCH3 is 3. The number of amides is 1. The van der Waals surface area contributed by atoms with Gasteiger partial charge in [0.05, 0.1) is 27.0 Å². The highest BCUT2D eigenvalue weighted by Crippen LogP contribution is 2.56. The third kappa shape index (κ3) is 8.90. The van der Waals surface area contributed by atoms with Crippen molar-refractivity contribution in [3.8, 4) is 23.0 Å². The van der Waals surface area contributed by atoms with Crippen molar-refractivity contribution in [3.63, 3.8) is 0 Å². The number of aryl methyl sites for hydroxylation is 1. The molecule has 1 amide bonds. The zero-order valence-corrected chi connectivity index (χ0v) is 31.8. The second-order valence-corrected chi connectivity index (χ2v) is 13.9. The average molecular weight is 737 g/mol. The van der Waals surface area contributed by atoms with Crippen molar-refractivity contribution in [1.82, 2.24) is 9.80 Å². The van der Waals surface area contributed by atoms with Gasteiger partial charge in [0.15, 0.2) is 11.5 Å². The number of para-hydroxylation sites is 2. The summed E-state index contributed by atoms with van der Waals surface area (Å²) in [5, 5.41) is 11.0. The van der Waals surface area contributed by atoms with E-state index in [0.717, 1.165) is 67.3 Å². The number of thioether (sulfide) groups is 1. The molecular weight excluding hydrogens is 685 g/mol. The van der Waals surface area contributed by atoms with Gasteiger partial charge < -0.3 is 33.9 Å². The number of nitrogens with zero attached hydrogens (tertiary/aromatic N) is 3. The number of benzene rings is 3. The smallest absolute Gasteiger partial charge is 0.248 e. The largest absolute Gasteiger partial charge is 0.493 e. The zero-order chi connectivity index (χ0) is 33.6. The third-order valence-electron chi connectivity index (χ3n) is 9.25. The van der Waals surface area contributed by atoms with E-state index in [9.17, 15) is 9.90 Å². The van der Waals surface area contributed by atoms with Gasteiger partial charge in [-0.3, -0.25) is 9.69 Å². The normalized spacial score (nSPS) is 18.6. The Hall–Kier alpha value is -2.86. The number of anilines is 1. The maximum absolute atomic E-state index is 14.0. The van der Waals surface area contributed by atoms with Crippen LogP contribution in [-0.4, -0.2) is 101 Å². The van der Waals surface area contributed by atoms with Crippen LogP contribution < -0.4 is 23.8 Å². The van der Waals surface area contributed by atoms with Gasteiger partial charge in [-0.1, -0.05) is 44.2 Å². The van der Waals surface area contributed by atoms with Crippen LogP contribution in [0.4, 0.5) is 5.69 Å². The highest BCUT2D eigenvalue weighted by atomic mass is 35.5. The number of halogens is 2. The van der Waals surface area contributed by atoms with Crippen LogP contribution in [0.5, 0.6) is 23.0 Å². The van der Waals surface area contributed by atoms with Crippen molar-refractivity contribution in [2.75, 3.05) is 79.2 Å². The minimum Gasteiger partial charge on any atom is -0.493 e. The van der Waals surface area contributed by atoms with Gasteiger partial charge in [0.1, 0.15) is 23.2 Å². The number of aliphatic hydroxyl groups excluding tert-OH is 1. The molecule has 1 saturated heterocycles. The summed E-state index contributed by atoms with van der Waals surface area (Å²) in [5.74, 6) is 2.66. The zero-order valence-electron chi connectivity index (χ0n) is 29.3. The number of hydrogen-bond donors (Lipinski definition) is 1. The van der Waals surface area contributed by atoms with E-state index in [-0.39, 0.29) is 43.2 Å². The third-order valence-corrected chi connectivity index (χ3v) is 11.0. The lowest BCUT2D eigenvalue weighted by Gasteiger charge is -2.44. The van der Waals surface area contributed by atoms with Crippen molar-refractivity contribution < 1.29 is 28.8 Å². The molecule has 0 bridgehead atoms. The number of carbonyl (C=O) groups is 1. The Morgan fingerprint density at radius 1 is 0.857 bits per heavy atom. The van der Waals surface area contributed by atoms with Gasteiger partial charge in [0, 0.05) is 50.2 Å². The molecule has 2 unspecified atom stereocenters. The molecule has 1 fully saturated rings. The molecule has 0 spiro atoms. The SMILES string of the molecule is COc1cc(CCCN2CCN(CC(O)COc3ccccc3C3(C(C)C)Sc4ccccc4N(C)C3=O)CC2)cc(OC)c1OC.Cl.Cl. The number of aliphatic hydroxyl groups is 1. The van der Waals surface area contributed by atoms with E-state index in [2.05, 4.69) is 29.7 Å². The fourth-order valence-electron chi connectivity index (χ4n) is 6.66. The van der Waals surface area contributed by atoms with Gasteiger partial charge in [-0.15, -0.1) is 36.6 Å². The molecular formula is C37H51Cl2N3O6S. The highest BCUT2D eigenvalue weighted by molar-refractivity contribution is 8.01. The van der Waals surface area contributed by atoms with E-state index < -0.39 is 10.9 Å². The Morgan fingerprint density at radius 3 is 2.10 bits per heavy atom. The number of hydrogen-bond acceptors (Lipinski definition) is 9. The fraction of sp³-hybridized carbons (Fsp3) is 0.486. The summed E-state index contributed by atoms with van der Waals surface area (Å²) in [4.78, 5) is 21.6. The van der Waals surface area contributed by atoms with Crippen LogP contribution in [0.25, 0.3) is 0 Å². The van der Waals surface area contributed by atoms with Crippen molar-refractivity contribution in [1.29, 1.82) is 0 Å². The first-order chi connectivity index (χ1) is 22.7. The van der Waals surface area contributed by atoms with E-state index >= 15 is 0 Å². The molecule has 12 heteroatoms. The summed E-state index contributed by atoms with van der Waals surface area (Å²) in [7, 11) is 6.74. The minimum absolute atomic E-state index is 0. The molecule has 9 nitrogen and oxygen atoms in total. The second-order valence-electron chi connectivity index (χ2n) is 12.6. The van der Waals surface area contributed by atoms with Gasteiger partial charge in [0.25, 0.3) is 0 Å². The molecule has 1 N–H and O–H groups in total. The Morgan fingerprint density at radius 2 is 1.47 bits per heavy atom. The predicted molar refractivity (Wildman–Crippen MR) is 202 cm³/mol. The summed E-state index contributed by atoms with van der Waals surface area (Å²) in [5.41, 5.74) is 2.93. The highest BCUT2D eigenvalue weighted by Gasteiger charge is 2.51. The molecule has 2 aliphatic rings. The van der Waals surface area contributed by atoms with Crippen LogP contribution in [0, 0.1) is 5.92 Å². The van der Waals surface area contributed by atoms with Crippen LogP contribution in [0.15, 0.2) is 65.6 Å². The van der Waals surface area contributed by atoms with E-state index in [1.807, 2.05) is 61.6 Å². The first kappa shape index (κ1) is 40.6. The lowest BCUT2D eigenvalue weighted by molar-refractivity contribution is -0.122. The second kappa shape index (κ2) is 18.4. The molecule has 2 atom stereocenters. The number of rotatable bonds is 14. The van der Waals surface area contributed by atoms with Crippen LogP contribution in [0.3, 0.4) is 0 Å². The molecule has 0 saturated carbocycles. The Labute approximate surface area is 308 Å². The Bertz CT molecular complexity index is 1500. The van der Waals surface area contributed by atoms with Crippen LogP contribution in [-0.2, 0) is 16.0 Å². The summed E-state index contributed by atoms with van der Waals surface area (Å²) in [6.45, 7) is 9.58. The molecule has 270 valence electrons. The first-order valence-electron chi connectivity index (χ1n) is 16.4. The molecule has 2 heterocycles. The summed E-state index contributed by atoms with van der Waals surface area (Å²) in [6, 6.07) is 19.9. The Kier molecular flexibility index (Phi) is 15.2. The maximum Gasteiger partial charge on any atom is 0.248 e. The number of fused-ring (bicyclic) bond motifs is 1. The van der Waals surface area contributed by atoms with Gasteiger partial charge in [-0.25, -0.2) is 0 Å². The molecule has 0 aliphatic carbocycles. The Balaban J connectivity index is 0.00000325. The van der Waals surface area contributed by atoms with Gasteiger partial charge in [0.2, 0.25) is 11.7 Å². The lowest BCUT2D eigenvalue weighted by atomic mass is 9.85. The van der Waals surface area contributed by atoms with Crippen molar-refractivity contribution >= 4 is 48.2 Å². The lowest BCUT2D eigenvalue weighted by Crippen LogP contribution is -2.50. The number of ether oxygens (including phenoxy) is 4. The van der Waals surface area contributed by atoms with E-state index in [1.165, 1.54) is 0 Å². The first-order valence-corrected chi connectivity index (χ1v) is 17.2. The topological polar surface area (TPSA) is 83.9 Å². The van der Waals surface area contributed by atoms with Gasteiger partial charge in [-0.2, -0.15) is 0 Å². The van der Waals surface area contributed by atoms with Crippen molar-refractivity contribution in [2.45, 2.75) is 42.4 Å². The number of piperazine rings is 1. The molecule has 0 radical (unpaired) electrons. The molecule has 3 aromatic rings. The monoisotopic (exact) mass is 735 g/mol. The molecule has 0 aromatic heterocycles. The number of likely N-dealkylation sites (N-methyl/N-ethyl adjacent to an activating group) is 1. The van der Waals surface area contributed by atoms with Gasteiger partial charge in [-0.05, 0) is 61.2 Å². The summed E-state index contributed by atoms with van der Waals surface area (Å²) >= 11 is 1.60. The molecule has 2 aliphatic heterocycles. The van der Waals surface area contributed by atoms with Crippen LogP contribution >= 0.6 is 36.6 Å². The van der Waals surface area contributed by atoms with Crippen molar-refractivity contribution in [3.05, 3.63) is 71.8 Å². The van der Waals surface area contributed by atoms with E-state index in [0.29, 0.717) is 29.5 Å². The summed E-state index contributed by atoms with van der Waals surface area (Å²) < 4.78 is 21.9. The van der Waals surface area contributed by atoms with E-state index in [1.54, 1.807) is 38.0 Å². The molecule has 49 heavy (non-hydrogen) atoms. The van der Waals surface area contributed by atoms with Gasteiger partial charge >= 0.3 is 0 Å². The van der Waals surface area contributed by atoms with Crippen LogP contribution in [0.1, 0.15) is 31.4 Å².